The van der Waals surface area contributed by atoms with E-state index < -0.39 is 35.2 Å². The zero-order valence-corrected chi connectivity index (χ0v) is 19.8. The molecular formula is C24H25N7O4. The van der Waals surface area contributed by atoms with Crippen LogP contribution < -0.4 is 10.6 Å². The minimum atomic E-state index is -1.36. The number of nitrogens with zero attached hydrogens (tertiary/aromatic N) is 5. The van der Waals surface area contributed by atoms with Crippen LogP contribution in [0.15, 0.2) is 54.9 Å². The molecule has 1 aliphatic heterocycles. The molecule has 3 aromatic rings. The van der Waals surface area contributed by atoms with Crippen molar-refractivity contribution in [1.29, 1.82) is 0 Å². The Morgan fingerprint density at radius 2 is 1.80 bits per heavy atom. The van der Waals surface area contributed by atoms with Gasteiger partial charge in [-0.2, -0.15) is 0 Å². The molecule has 0 bridgehead atoms. The maximum Gasteiger partial charge on any atom is 0.325 e. The fourth-order valence-electron chi connectivity index (χ4n) is 3.57. The van der Waals surface area contributed by atoms with E-state index in [0.29, 0.717) is 22.5 Å². The van der Waals surface area contributed by atoms with Gasteiger partial charge >= 0.3 is 6.03 Å². The molecule has 2 N–H and O–H groups in total. The third-order valence-corrected chi connectivity index (χ3v) is 5.76. The van der Waals surface area contributed by atoms with Crippen LogP contribution in [-0.2, 0) is 15.1 Å². The molecule has 4 rings (SSSR count). The molecule has 1 fully saturated rings. The molecule has 11 heteroatoms. The van der Waals surface area contributed by atoms with Crippen LogP contribution in [0.2, 0.25) is 0 Å². The zero-order valence-electron chi connectivity index (χ0n) is 19.8. The number of benzene rings is 2. The molecule has 11 nitrogen and oxygen atoms in total. The van der Waals surface area contributed by atoms with E-state index in [1.807, 2.05) is 0 Å². The number of nitrogens with one attached hydrogen (secondary N) is 2. The summed E-state index contributed by atoms with van der Waals surface area (Å²) in [6.45, 7) is 6.57. The van der Waals surface area contributed by atoms with Gasteiger partial charge in [-0.05, 0) is 59.3 Å². The number of rotatable bonds is 6. The van der Waals surface area contributed by atoms with Gasteiger partial charge in [0, 0.05) is 16.7 Å². The SMILES string of the molecule is CC(C)(C)C(=O)Nc1ccc(C(=O)CN2C(=O)N[C@](C)(c3cccc(-n4cnnn4)c3)C2=O)cc1. The lowest BCUT2D eigenvalue weighted by molar-refractivity contribution is -0.130. The average molecular weight is 476 g/mol. The standard InChI is InChI=1S/C24H25N7O4/c1-23(2,3)20(33)26-17-10-8-15(9-11-17)19(32)13-30-21(34)24(4,27-22(30)35)16-6-5-7-18(12-16)31-14-25-28-29-31/h5-12,14H,13H2,1-4H3,(H,26,33)(H,27,35)/t24-/m1/s1. The van der Waals surface area contributed by atoms with Crippen LogP contribution >= 0.6 is 0 Å². The number of imide groups is 1. The van der Waals surface area contributed by atoms with Gasteiger partial charge in [-0.3, -0.25) is 19.3 Å². The number of hydrogen-bond donors (Lipinski definition) is 2. The monoisotopic (exact) mass is 475 g/mol. The van der Waals surface area contributed by atoms with Crippen molar-refractivity contribution in [1.82, 2.24) is 30.4 Å². The fraction of sp³-hybridized carbons (Fsp3) is 0.292. The Balaban J connectivity index is 1.48. The van der Waals surface area contributed by atoms with E-state index in [0.717, 1.165) is 4.90 Å². The minimum Gasteiger partial charge on any atom is -0.326 e. The van der Waals surface area contributed by atoms with E-state index >= 15 is 0 Å². The second-order valence-electron chi connectivity index (χ2n) is 9.46. The number of aromatic nitrogens is 4. The van der Waals surface area contributed by atoms with Gasteiger partial charge in [0.25, 0.3) is 5.91 Å². The second kappa shape index (κ2) is 8.75. The van der Waals surface area contributed by atoms with Crippen LogP contribution in [0.25, 0.3) is 5.69 Å². The Labute approximate surface area is 201 Å². The van der Waals surface area contributed by atoms with Crippen LogP contribution in [0.3, 0.4) is 0 Å². The molecule has 2 aromatic carbocycles. The molecule has 2 heterocycles. The zero-order chi connectivity index (χ0) is 25.4. The van der Waals surface area contributed by atoms with Crippen LogP contribution in [0.4, 0.5) is 10.5 Å². The van der Waals surface area contributed by atoms with Crippen molar-refractivity contribution < 1.29 is 19.2 Å². The second-order valence-corrected chi connectivity index (χ2v) is 9.46. The van der Waals surface area contributed by atoms with Gasteiger partial charge in [0.2, 0.25) is 5.91 Å². The first-order chi connectivity index (χ1) is 16.5. The van der Waals surface area contributed by atoms with Gasteiger partial charge < -0.3 is 10.6 Å². The van der Waals surface area contributed by atoms with Crippen LogP contribution in [0.5, 0.6) is 0 Å². The number of tetrazole rings is 1. The largest absolute Gasteiger partial charge is 0.326 e. The van der Waals surface area contributed by atoms with Crippen molar-refractivity contribution in [3.05, 3.63) is 66.0 Å². The van der Waals surface area contributed by atoms with Gasteiger partial charge in [0.1, 0.15) is 11.9 Å². The number of carbonyl (C=O) groups excluding carboxylic acids is 4. The highest BCUT2D eigenvalue weighted by molar-refractivity contribution is 6.11. The fourth-order valence-corrected chi connectivity index (χ4v) is 3.57. The summed E-state index contributed by atoms with van der Waals surface area (Å²) in [7, 11) is 0. The molecule has 0 saturated carbocycles. The Kier molecular flexibility index (Phi) is 5.93. The predicted octanol–water partition coefficient (Wildman–Crippen LogP) is 2.30. The molecule has 180 valence electrons. The summed E-state index contributed by atoms with van der Waals surface area (Å²) in [6.07, 6.45) is 1.42. The number of Topliss-reactive ketones (excluding diaryl/α,β-unsaturated/α-hetero) is 1. The summed E-state index contributed by atoms with van der Waals surface area (Å²) >= 11 is 0. The van der Waals surface area contributed by atoms with Crippen molar-refractivity contribution in [2.24, 2.45) is 5.41 Å². The molecule has 35 heavy (non-hydrogen) atoms. The third kappa shape index (κ3) is 4.65. The normalized spacial score (nSPS) is 17.9. The quantitative estimate of drug-likeness (QED) is 0.412. The van der Waals surface area contributed by atoms with Gasteiger partial charge in [-0.15, -0.1) is 5.10 Å². The van der Waals surface area contributed by atoms with Crippen LogP contribution in [0, 0.1) is 5.41 Å². The van der Waals surface area contributed by atoms with E-state index in [1.54, 1.807) is 76.2 Å². The number of hydrogen-bond acceptors (Lipinski definition) is 7. The first kappa shape index (κ1) is 23.7. The summed E-state index contributed by atoms with van der Waals surface area (Å²) in [5.41, 5.74) is 0.0838. The summed E-state index contributed by atoms with van der Waals surface area (Å²) in [5, 5.41) is 16.5. The minimum absolute atomic E-state index is 0.153. The Bertz CT molecular complexity index is 1300. The number of ketones is 1. The number of amides is 4. The molecule has 0 aliphatic carbocycles. The van der Waals surface area contributed by atoms with Crippen molar-refractivity contribution in [3.8, 4) is 5.69 Å². The summed E-state index contributed by atoms with van der Waals surface area (Å²) in [5.74, 6) is -1.10. The molecule has 1 saturated heterocycles. The van der Waals surface area contributed by atoms with Crippen LogP contribution in [-0.4, -0.2) is 55.3 Å². The maximum absolute atomic E-state index is 13.3. The van der Waals surface area contributed by atoms with Crippen LogP contribution in [0.1, 0.15) is 43.6 Å². The van der Waals surface area contributed by atoms with E-state index in [9.17, 15) is 19.2 Å². The van der Waals surface area contributed by atoms with Gasteiger partial charge in [-0.25, -0.2) is 9.48 Å². The third-order valence-electron chi connectivity index (χ3n) is 5.76. The lowest BCUT2D eigenvalue weighted by Crippen LogP contribution is -2.41. The molecule has 0 unspecified atom stereocenters. The number of anilines is 1. The molecule has 0 spiro atoms. The summed E-state index contributed by atoms with van der Waals surface area (Å²) < 4.78 is 1.43. The lowest BCUT2D eigenvalue weighted by atomic mass is 9.91. The highest BCUT2D eigenvalue weighted by Gasteiger charge is 2.49. The average Bonchev–Trinajstić information content (AvgIpc) is 3.43. The molecule has 1 atom stereocenters. The van der Waals surface area contributed by atoms with Gasteiger partial charge in [0.15, 0.2) is 5.78 Å². The molecule has 0 radical (unpaired) electrons. The van der Waals surface area contributed by atoms with Crippen molar-refractivity contribution in [2.75, 3.05) is 11.9 Å². The van der Waals surface area contributed by atoms with Crippen molar-refractivity contribution in [2.45, 2.75) is 33.2 Å². The molecule has 1 aliphatic rings. The summed E-state index contributed by atoms with van der Waals surface area (Å²) in [4.78, 5) is 51.9. The predicted molar refractivity (Wildman–Crippen MR) is 126 cm³/mol. The molecule has 1 aromatic heterocycles. The first-order valence-electron chi connectivity index (χ1n) is 10.9. The topological polar surface area (TPSA) is 139 Å². The highest BCUT2D eigenvalue weighted by Crippen LogP contribution is 2.30. The smallest absolute Gasteiger partial charge is 0.325 e. The summed E-state index contributed by atoms with van der Waals surface area (Å²) in [6, 6.07) is 12.6. The molecule has 4 amide bonds. The number of carbonyl (C=O) groups is 4. The van der Waals surface area contributed by atoms with Crippen molar-refractivity contribution >= 4 is 29.3 Å². The Morgan fingerprint density at radius 1 is 1.09 bits per heavy atom. The van der Waals surface area contributed by atoms with E-state index in [-0.39, 0.29) is 5.91 Å². The van der Waals surface area contributed by atoms with Crippen molar-refractivity contribution in [3.63, 3.8) is 0 Å². The van der Waals surface area contributed by atoms with Gasteiger partial charge in [-0.1, -0.05) is 32.9 Å². The number of urea groups is 1. The maximum atomic E-state index is 13.3. The lowest BCUT2D eigenvalue weighted by Gasteiger charge is -2.22. The van der Waals surface area contributed by atoms with E-state index in [1.165, 1.54) is 11.0 Å². The Hall–Kier alpha value is -4.41. The highest BCUT2D eigenvalue weighted by atomic mass is 16.2. The first-order valence-corrected chi connectivity index (χ1v) is 10.9. The van der Waals surface area contributed by atoms with E-state index in [2.05, 4.69) is 26.2 Å². The van der Waals surface area contributed by atoms with E-state index in [4.69, 9.17) is 0 Å². The Morgan fingerprint density at radius 3 is 2.43 bits per heavy atom. The van der Waals surface area contributed by atoms with Gasteiger partial charge in [0.05, 0.1) is 12.2 Å². The molecular weight excluding hydrogens is 450 g/mol.